The molecule has 2 rings (SSSR count). The fourth-order valence-electron chi connectivity index (χ4n) is 2.72. The second-order valence-electron chi connectivity index (χ2n) is 7.00. The Morgan fingerprint density at radius 1 is 1.10 bits per heavy atom. The van der Waals surface area contributed by atoms with Gasteiger partial charge in [-0.15, -0.1) is 24.0 Å². The van der Waals surface area contributed by atoms with Gasteiger partial charge in [0.25, 0.3) is 5.91 Å². The number of hydrogen-bond acceptors (Lipinski definition) is 3. The van der Waals surface area contributed by atoms with Crippen molar-refractivity contribution < 1.29 is 9.53 Å². The fourth-order valence-corrected chi connectivity index (χ4v) is 2.72. The van der Waals surface area contributed by atoms with E-state index in [-0.39, 0.29) is 36.0 Å². The van der Waals surface area contributed by atoms with Crippen LogP contribution >= 0.6 is 24.0 Å². The summed E-state index contributed by atoms with van der Waals surface area (Å²) < 4.78 is 6.08. The van der Waals surface area contributed by atoms with E-state index >= 15 is 0 Å². The van der Waals surface area contributed by atoms with Crippen molar-refractivity contribution in [1.29, 1.82) is 0 Å². The average Bonchev–Trinajstić information content (AvgIpc) is 2.74. The van der Waals surface area contributed by atoms with E-state index in [0.29, 0.717) is 24.6 Å². The number of hydrogen-bond donors (Lipinski definition) is 3. The zero-order valence-corrected chi connectivity index (χ0v) is 20.7. The lowest BCUT2D eigenvalue weighted by atomic mass is 10.1. The summed E-state index contributed by atoms with van der Waals surface area (Å²) in [5.41, 5.74) is 3.98. The molecular weight excluding hydrogens is 491 g/mol. The van der Waals surface area contributed by atoms with E-state index in [0.717, 1.165) is 23.3 Å². The van der Waals surface area contributed by atoms with E-state index in [1.807, 2.05) is 24.3 Å². The molecule has 0 heterocycles. The Labute approximate surface area is 196 Å². The van der Waals surface area contributed by atoms with E-state index in [1.165, 1.54) is 5.56 Å². The molecule has 0 fully saturated rings. The van der Waals surface area contributed by atoms with Gasteiger partial charge in [-0.1, -0.05) is 31.2 Å². The molecule has 0 aliphatic carbocycles. The molecule has 2 aromatic carbocycles. The molecule has 0 bridgehead atoms. The van der Waals surface area contributed by atoms with E-state index in [9.17, 15) is 4.79 Å². The number of nitrogens with zero attached hydrogens (tertiary/aromatic N) is 1. The van der Waals surface area contributed by atoms with Gasteiger partial charge in [0.2, 0.25) is 0 Å². The number of benzene rings is 2. The molecule has 0 saturated heterocycles. The highest BCUT2D eigenvalue weighted by Gasteiger charge is 2.09. The molecule has 0 radical (unpaired) electrons. The maximum absolute atomic E-state index is 11.6. The smallest absolute Gasteiger partial charge is 0.251 e. The van der Waals surface area contributed by atoms with Gasteiger partial charge in [0.1, 0.15) is 5.75 Å². The van der Waals surface area contributed by atoms with Gasteiger partial charge < -0.3 is 20.7 Å². The Hall–Kier alpha value is -2.29. The molecular formula is C23H33IN4O2. The third kappa shape index (κ3) is 7.85. The summed E-state index contributed by atoms with van der Waals surface area (Å²) in [5, 5.41) is 9.26. The van der Waals surface area contributed by atoms with Crippen LogP contribution in [-0.4, -0.2) is 32.1 Å². The first-order chi connectivity index (χ1) is 14.0. The van der Waals surface area contributed by atoms with Crippen LogP contribution in [0.5, 0.6) is 5.75 Å². The standard InChI is InChI=1S/C23H32N4O2.HI/c1-6-17(3)29-21-13-16(2)7-10-20(21)15-27-23(25-5)26-14-18-8-11-19(12-9-18)22(28)24-4;/h7-13,17H,6,14-15H2,1-5H3,(H,24,28)(H2,25,26,27);1H. The first kappa shape index (κ1) is 25.7. The van der Waals surface area contributed by atoms with Crippen molar-refractivity contribution in [3.8, 4) is 5.75 Å². The van der Waals surface area contributed by atoms with Crippen molar-refractivity contribution in [3.63, 3.8) is 0 Å². The number of aliphatic imine (C=N–C) groups is 1. The second-order valence-corrected chi connectivity index (χ2v) is 7.00. The van der Waals surface area contributed by atoms with Crippen molar-refractivity contribution in [2.75, 3.05) is 14.1 Å². The van der Waals surface area contributed by atoms with Gasteiger partial charge in [-0.2, -0.15) is 0 Å². The molecule has 0 aliphatic rings. The number of carbonyl (C=O) groups is 1. The highest BCUT2D eigenvalue weighted by atomic mass is 127. The molecule has 164 valence electrons. The topological polar surface area (TPSA) is 74.8 Å². The monoisotopic (exact) mass is 524 g/mol. The number of ether oxygens (including phenoxy) is 1. The summed E-state index contributed by atoms with van der Waals surface area (Å²) in [6, 6.07) is 13.8. The number of amides is 1. The molecule has 6 nitrogen and oxygen atoms in total. The van der Waals surface area contributed by atoms with Gasteiger partial charge in [0.15, 0.2) is 5.96 Å². The lowest BCUT2D eigenvalue weighted by Gasteiger charge is -2.18. The summed E-state index contributed by atoms with van der Waals surface area (Å²) >= 11 is 0. The van der Waals surface area contributed by atoms with Crippen molar-refractivity contribution in [2.24, 2.45) is 4.99 Å². The summed E-state index contributed by atoms with van der Waals surface area (Å²) in [6.07, 6.45) is 1.13. The molecule has 0 saturated carbocycles. The second kappa shape index (κ2) is 13.1. The average molecular weight is 524 g/mol. The quantitative estimate of drug-likeness (QED) is 0.277. The van der Waals surface area contributed by atoms with Gasteiger partial charge in [0.05, 0.1) is 6.10 Å². The van der Waals surface area contributed by atoms with Gasteiger partial charge >= 0.3 is 0 Å². The van der Waals surface area contributed by atoms with Gasteiger partial charge in [0, 0.05) is 38.3 Å². The molecule has 0 spiro atoms. The van der Waals surface area contributed by atoms with Crippen LogP contribution in [0.2, 0.25) is 0 Å². The van der Waals surface area contributed by atoms with E-state index < -0.39 is 0 Å². The van der Waals surface area contributed by atoms with Crippen molar-refractivity contribution >= 4 is 35.8 Å². The number of aryl methyl sites for hydroxylation is 1. The zero-order valence-electron chi connectivity index (χ0n) is 18.4. The minimum Gasteiger partial charge on any atom is -0.490 e. The summed E-state index contributed by atoms with van der Waals surface area (Å²) in [7, 11) is 3.37. The maximum Gasteiger partial charge on any atom is 0.251 e. The minimum atomic E-state index is -0.0875. The largest absolute Gasteiger partial charge is 0.490 e. The van der Waals surface area contributed by atoms with E-state index in [4.69, 9.17) is 4.74 Å². The van der Waals surface area contributed by atoms with Crippen LogP contribution in [0.15, 0.2) is 47.5 Å². The van der Waals surface area contributed by atoms with Crippen molar-refractivity contribution in [3.05, 3.63) is 64.7 Å². The third-order valence-electron chi connectivity index (χ3n) is 4.70. The van der Waals surface area contributed by atoms with Crippen LogP contribution in [0.25, 0.3) is 0 Å². The molecule has 3 N–H and O–H groups in total. The van der Waals surface area contributed by atoms with Crippen molar-refractivity contribution in [2.45, 2.75) is 46.4 Å². The molecule has 7 heteroatoms. The summed E-state index contributed by atoms with van der Waals surface area (Å²) in [5.74, 6) is 1.53. The number of guanidine groups is 1. The molecule has 0 aromatic heterocycles. The van der Waals surface area contributed by atoms with Crippen LogP contribution in [-0.2, 0) is 13.1 Å². The molecule has 1 amide bonds. The maximum atomic E-state index is 11.6. The predicted molar refractivity (Wildman–Crippen MR) is 134 cm³/mol. The number of rotatable bonds is 8. The Balaban J connectivity index is 0.00000450. The first-order valence-corrected chi connectivity index (χ1v) is 9.98. The van der Waals surface area contributed by atoms with Crippen molar-refractivity contribution in [1.82, 2.24) is 16.0 Å². The Kier molecular flexibility index (Phi) is 11.2. The Morgan fingerprint density at radius 3 is 2.37 bits per heavy atom. The number of nitrogens with one attached hydrogen (secondary N) is 3. The van der Waals surface area contributed by atoms with E-state index in [1.54, 1.807) is 14.1 Å². The molecule has 30 heavy (non-hydrogen) atoms. The predicted octanol–water partition coefficient (Wildman–Crippen LogP) is 4.02. The molecule has 2 aromatic rings. The molecule has 1 atom stereocenters. The first-order valence-electron chi connectivity index (χ1n) is 9.98. The SMILES string of the molecule is CCC(C)Oc1cc(C)ccc1CNC(=NC)NCc1ccc(C(=O)NC)cc1.I. The van der Waals surface area contributed by atoms with Crippen LogP contribution < -0.4 is 20.7 Å². The van der Waals surface area contributed by atoms with E-state index in [2.05, 4.69) is 59.9 Å². The fraction of sp³-hybridized carbons (Fsp3) is 0.391. The van der Waals surface area contributed by atoms with Crippen LogP contribution in [0.4, 0.5) is 0 Å². The number of halogens is 1. The third-order valence-corrected chi connectivity index (χ3v) is 4.70. The van der Waals surface area contributed by atoms with Gasteiger partial charge in [-0.3, -0.25) is 9.79 Å². The van der Waals surface area contributed by atoms with Crippen LogP contribution in [0, 0.1) is 6.92 Å². The molecule has 1 unspecified atom stereocenters. The summed E-state index contributed by atoms with van der Waals surface area (Å²) in [4.78, 5) is 15.9. The zero-order chi connectivity index (χ0) is 21.2. The minimum absolute atomic E-state index is 0. The normalized spacial score (nSPS) is 11.8. The Morgan fingerprint density at radius 2 is 1.77 bits per heavy atom. The molecule has 0 aliphatic heterocycles. The number of carbonyl (C=O) groups excluding carboxylic acids is 1. The highest BCUT2D eigenvalue weighted by molar-refractivity contribution is 14.0. The summed E-state index contributed by atoms with van der Waals surface area (Å²) in [6.45, 7) is 7.48. The van der Waals surface area contributed by atoms with Crippen LogP contribution in [0.3, 0.4) is 0 Å². The van der Waals surface area contributed by atoms with Gasteiger partial charge in [-0.25, -0.2) is 0 Å². The van der Waals surface area contributed by atoms with Gasteiger partial charge in [-0.05, 0) is 49.6 Å². The lowest BCUT2D eigenvalue weighted by Crippen LogP contribution is -2.36. The highest BCUT2D eigenvalue weighted by Crippen LogP contribution is 2.22. The lowest BCUT2D eigenvalue weighted by molar-refractivity contribution is 0.0963. The van der Waals surface area contributed by atoms with Crippen LogP contribution in [0.1, 0.15) is 47.3 Å². The Bertz CT molecular complexity index is 838.